The summed E-state index contributed by atoms with van der Waals surface area (Å²) in [5.41, 5.74) is 1.72. The standard InChI is InChI=1S/C14H9F3N2O/c15-9-4-5-11-12(7-9)19-13(18-11)8-2-1-3-10(6-8)20-14(16)17/h1-7,14H,(H,18,19). The number of hydrogen-bond acceptors (Lipinski definition) is 2. The summed E-state index contributed by atoms with van der Waals surface area (Å²) < 4.78 is 41.8. The molecule has 1 N–H and O–H groups in total. The smallest absolute Gasteiger partial charge is 0.387 e. The van der Waals surface area contributed by atoms with Gasteiger partial charge in [-0.25, -0.2) is 9.37 Å². The van der Waals surface area contributed by atoms with Crippen LogP contribution in [-0.4, -0.2) is 16.6 Å². The van der Waals surface area contributed by atoms with Crippen LogP contribution in [0.15, 0.2) is 42.5 Å². The zero-order valence-corrected chi connectivity index (χ0v) is 10.1. The minimum atomic E-state index is -2.88. The first kappa shape index (κ1) is 12.5. The molecule has 6 heteroatoms. The van der Waals surface area contributed by atoms with E-state index in [1.165, 1.54) is 24.3 Å². The predicted octanol–water partition coefficient (Wildman–Crippen LogP) is 3.97. The van der Waals surface area contributed by atoms with Gasteiger partial charge in [0.25, 0.3) is 0 Å². The number of nitrogens with zero attached hydrogens (tertiary/aromatic N) is 1. The molecule has 1 heterocycles. The Morgan fingerprint density at radius 3 is 2.75 bits per heavy atom. The van der Waals surface area contributed by atoms with Crippen LogP contribution in [0, 0.1) is 5.82 Å². The molecule has 20 heavy (non-hydrogen) atoms. The highest BCUT2D eigenvalue weighted by Gasteiger charge is 2.09. The van der Waals surface area contributed by atoms with Crippen LogP contribution in [-0.2, 0) is 0 Å². The Morgan fingerprint density at radius 1 is 1.10 bits per heavy atom. The van der Waals surface area contributed by atoms with Crippen LogP contribution < -0.4 is 4.74 Å². The number of ether oxygens (including phenoxy) is 1. The van der Waals surface area contributed by atoms with E-state index >= 15 is 0 Å². The average molecular weight is 278 g/mol. The Bertz CT molecular complexity index is 755. The lowest BCUT2D eigenvalue weighted by Gasteiger charge is -2.05. The second-order valence-electron chi connectivity index (χ2n) is 4.15. The number of imidazole rings is 1. The van der Waals surface area contributed by atoms with Crippen molar-refractivity contribution >= 4 is 11.0 Å². The van der Waals surface area contributed by atoms with E-state index in [-0.39, 0.29) is 11.6 Å². The summed E-state index contributed by atoms with van der Waals surface area (Å²) >= 11 is 0. The van der Waals surface area contributed by atoms with Crippen molar-refractivity contribution in [2.45, 2.75) is 6.61 Å². The second kappa shape index (κ2) is 4.88. The van der Waals surface area contributed by atoms with Gasteiger partial charge < -0.3 is 9.72 Å². The van der Waals surface area contributed by atoms with Crippen molar-refractivity contribution in [2.24, 2.45) is 0 Å². The molecule has 0 fully saturated rings. The zero-order chi connectivity index (χ0) is 14.1. The maximum atomic E-state index is 13.1. The molecule has 3 nitrogen and oxygen atoms in total. The SMILES string of the molecule is Fc1ccc2nc(-c3cccc(OC(F)F)c3)[nH]c2c1. The highest BCUT2D eigenvalue weighted by molar-refractivity contribution is 5.79. The summed E-state index contributed by atoms with van der Waals surface area (Å²) in [5.74, 6) is 0.136. The molecule has 0 atom stereocenters. The lowest BCUT2D eigenvalue weighted by atomic mass is 10.2. The number of rotatable bonds is 3. The fourth-order valence-corrected chi connectivity index (χ4v) is 1.94. The number of aromatic nitrogens is 2. The molecule has 0 saturated heterocycles. The van der Waals surface area contributed by atoms with Gasteiger partial charge in [-0.15, -0.1) is 0 Å². The van der Waals surface area contributed by atoms with E-state index in [1.807, 2.05) is 0 Å². The monoisotopic (exact) mass is 278 g/mol. The molecule has 1 aromatic heterocycles. The summed E-state index contributed by atoms with van der Waals surface area (Å²) in [5, 5.41) is 0. The van der Waals surface area contributed by atoms with Gasteiger partial charge in [-0.2, -0.15) is 8.78 Å². The van der Waals surface area contributed by atoms with Crippen molar-refractivity contribution in [3.05, 3.63) is 48.3 Å². The summed E-state index contributed by atoms with van der Waals surface area (Å²) in [7, 11) is 0. The number of H-pyrrole nitrogens is 1. The topological polar surface area (TPSA) is 37.9 Å². The van der Waals surface area contributed by atoms with Crippen LogP contribution in [0.25, 0.3) is 22.4 Å². The minimum Gasteiger partial charge on any atom is -0.435 e. The molecule has 3 aromatic rings. The molecule has 102 valence electrons. The first-order chi connectivity index (χ1) is 9.61. The Hall–Kier alpha value is -2.50. The van der Waals surface area contributed by atoms with Gasteiger partial charge in [-0.1, -0.05) is 12.1 Å². The van der Waals surface area contributed by atoms with Crippen LogP contribution in [0.4, 0.5) is 13.2 Å². The van der Waals surface area contributed by atoms with E-state index in [1.54, 1.807) is 18.2 Å². The fourth-order valence-electron chi connectivity index (χ4n) is 1.94. The molecular formula is C14H9F3N2O. The number of benzene rings is 2. The Morgan fingerprint density at radius 2 is 1.95 bits per heavy atom. The molecule has 0 saturated carbocycles. The van der Waals surface area contributed by atoms with E-state index in [4.69, 9.17) is 0 Å². The van der Waals surface area contributed by atoms with E-state index in [9.17, 15) is 13.2 Å². The third-order valence-corrected chi connectivity index (χ3v) is 2.78. The average Bonchev–Trinajstić information content (AvgIpc) is 2.81. The fraction of sp³-hybridized carbons (Fsp3) is 0.0714. The summed E-state index contributed by atoms with van der Waals surface area (Å²) in [6, 6.07) is 10.3. The zero-order valence-electron chi connectivity index (χ0n) is 10.1. The molecule has 0 radical (unpaired) electrons. The number of nitrogens with one attached hydrogen (secondary N) is 1. The van der Waals surface area contributed by atoms with Crippen LogP contribution in [0.2, 0.25) is 0 Å². The van der Waals surface area contributed by atoms with Crippen LogP contribution >= 0.6 is 0 Å². The Labute approximate surface area is 112 Å². The third kappa shape index (κ3) is 2.45. The Kier molecular flexibility index (Phi) is 3.06. The number of fused-ring (bicyclic) bond motifs is 1. The molecule has 0 amide bonds. The normalized spacial score (nSPS) is 11.2. The van der Waals surface area contributed by atoms with Gasteiger partial charge in [0.05, 0.1) is 11.0 Å². The number of halogens is 3. The van der Waals surface area contributed by atoms with Crippen LogP contribution in [0.1, 0.15) is 0 Å². The molecule has 0 spiro atoms. The van der Waals surface area contributed by atoms with Gasteiger partial charge in [-0.05, 0) is 30.3 Å². The molecular weight excluding hydrogens is 269 g/mol. The third-order valence-electron chi connectivity index (χ3n) is 2.78. The van der Waals surface area contributed by atoms with Crippen molar-refractivity contribution in [2.75, 3.05) is 0 Å². The van der Waals surface area contributed by atoms with Gasteiger partial charge in [0.1, 0.15) is 17.4 Å². The summed E-state index contributed by atoms with van der Waals surface area (Å²) in [6.45, 7) is -2.88. The van der Waals surface area contributed by atoms with Gasteiger partial charge in [0, 0.05) is 5.56 Å². The summed E-state index contributed by atoms with van der Waals surface area (Å²) in [4.78, 5) is 7.22. The largest absolute Gasteiger partial charge is 0.435 e. The molecule has 2 aromatic carbocycles. The quantitative estimate of drug-likeness (QED) is 0.787. The number of alkyl halides is 2. The maximum Gasteiger partial charge on any atom is 0.387 e. The highest BCUT2D eigenvalue weighted by Crippen LogP contribution is 2.25. The van der Waals surface area contributed by atoms with Crippen LogP contribution in [0.3, 0.4) is 0 Å². The highest BCUT2D eigenvalue weighted by atomic mass is 19.3. The van der Waals surface area contributed by atoms with Crippen molar-refractivity contribution in [1.29, 1.82) is 0 Å². The first-order valence-electron chi connectivity index (χ1n) is 5.82. The Balaban J connectivity index is 2.01. The van der Waals surface area contributed by atoms with Crippen LogP contribution in [0.5, 0.6) is 5.75 Å². The van der Waals surface area contributed by atoms with E-state index in [2.05, 4.69) is 14.7 Å². The van der Waals surface area contributed by atoms with Crippen molar-refractivity contribution in [1.82, 2.24) is 9.97 Å². The number of hydrogen-bond donors (Lipinski definition) is 1. The van der Waals surface area contributed by atoms with Gasteiger partial charge in [-0.3, -0.25) is 0 Å². The molecule has 0 aliphatic heterocycles. The second-order valence-corrected chi connectivity index (χ2v) is 4.15. The maximum absolute atomic E-state index is 13.1. The molecule has 0 unspecified atom stereocenters. The van der Waals surface area contributed by atoms with Crippen molar-refractivity contribution in [3.8, 4) is 17.1 Å². The van der Waals surface area contributed by atoms with E-state index < -0.39 is 6.61 Å². The lowest BCUT2D eigenvalue weighted by Crippen LogP contribution is -2.01. The molecule has 3 rings (SSSR count). The van der Waals surface area contributed by atoms with Gasteiger partial charge >= 0.3 is 6.61 Å². The van der Waals surface area contributed by atoms with Crippen molar-refractivity contribution < 1.29 is 17.9 Å². The molecule has 0 aliphatic carbocycles. The minimum absolute atomic E-state index is 0.0455. The van der Waals surface area contributed by atoms with Crippen molar-refractivity contribution in [3.63, 3.8) is 0 Å². The number of aromatic amines is 1. The van der Waals surface area contributed by atoms with Gasteiger partial charge in [0.15, 0.2) is 0 Å². The predicted molar refractivity (Wildman–Crippen MR) is 68.1 cm³/mol. The van der Waals surface area contributed by atoms with E-state index in [0.29, 0.717) is 22.4 Å². The molecule has 0 bridgehead atoms. The van der Waals surface area contributed by atoms with E-state index in [0.717, 1.165) is 0 Å². The van der Waals surface area contributed by atoms with Gasteiger partial charge in [0.2, 0.25) is 0 Å². The summed E-state index contributed by atoms with van der Waals surface area (Å²) in [6.07, 6.45) is 0. The molecule has 0 aliphatic rings. The first-order valence-corrected chi connectivity index (χ1v) is 5.82. The lowest BCUT2D eigenvalue weighted by molar-refractivity contribution is -0.0498.